The SMILES string of the molecule is CC(C)(C)c1cc(NC(=O)Nc2ccc(Cl)cc2)n(-c2cccc(C(O)C(F)(F)F)c2)n1. The molecule has 0 saturated heterocycles. The lowest BCUT2D eigenvalue weighted by Crippen LogP contribution is -2.22. The highest BCUT2D eigenvalue weighted by Gasteiger charge is 2.39. The fraction of sp³-hybridized carbons (Fsp3) is 0.273. The van der Waals surface area contributed by atoms with Crippen molar-refractivity contribution in [3.63, 3.8) is 0 Å². The zero-order chi connectivity index (χ0) is 23.7. The Labute approximate surface area is 188 Å². The topological polar surface area (TPSA) is 79.2 Å². The summed E-state index contributed by atoms with van der Waals surface area (Å²) in [5.41, 5.74) is 0.644. The first-order valence-corrected chi connectivity index (χ1v) is 10.0. The van der Waals surface area contributed by atoms with Crippen molar-refractivity contribution in [1.29, 1.82) is 0 Å². The van der Waals surface area contributed by atoms with Crippen LogP contribution in [0.4, 0.5) is 29.5 Å². The smallest absolute Gasteiger partial charge is 0.379 e. The van der Waals surface area contributed by atoms with Gasteiger partial charge in [-0.2, -0.15) is 18.3 Å². The summed E-state index contributed by atoms with van der Waals surface area (Å²) < 4.78 is 40.2. The molecule has 1 unspecified atom stereocenters. The van der Waals surface area contributed by atoms with E-state index in [9.17, 15) is 23.1 Å². The highest BCUT2D eigenvalue weighted by molar-refractivity contribution is 6.30. The molecule has 1 atom stereocenters. The third-order valence-corrected chi connectivity index (χ3v) is 4.81. The molecule has 3 rings (SSSR count). The van der Waals surface area contributed by atoms with Gasteiger partial charge in [0.1, 0.15) is 5.82 Å². The number of carbonyl (C=O) groups is 1. The van der Waals surface area contributed by atoms with Crippen molar-refractivity contribution in [2.75, 3.05) is 10.6 Å². The van der Waals surface area contributed by atoms with Crippen LogP contribution in [0, 0.1) is 0 Å². The predicted molar refractivity (Wildman–Crippen MR) is 117 cm³/mol. The highest BCUT2D eigenvalue weighted by Crippen LogP contribution is 2.34. The number of amides is 2. The molecule has 3 aromatic rings. The van der Waals surface area contributed by atoms with Gasteiger partial charge in [0.25, 0.3) is 0 Å². The Bertz CT molecular complexity index is 1110. The molecule has 10 heteroatoms. The Kier molecular flexibility index (Phi) is 6.52. The molecule has 170 valence electrons. The van der Waals surface area contributed by atoms with Crippen LogP contribution in [0.3, 0.4) is 0 Å². The minimum Gasteiger partial charge on any atom is -0.379 e. The van der Waals surface area contributed by atoms with Gasteiger partial charge in [0.2, 0.25) is 0 Å². The Balaban J connectivity index is 1.95. The summed E-state index contributed by atoms with van der Waals surface area (Å²) in [6.45, 7) is 5.75. The summed E-state index contributed by atoms with van der Waals surface area (Å²) in [5.74, 6) is 0.250. The van der Waals surface area contributed by atoms with E-state index in [2.05, 4.69) is 15.7 Å². The van der Waals surface area contributed by atoms with Crippen molar-refractivity contribution in [3.8, 4) is 5.69 Å². The number of urea groups is 1. The maximum atomic E-state index is 13.0. The van der Waals surface area contributed by atoms with Crippen molar-refractivity contribution in [2.45, 2.75) is 38.5 Å². The Morgan fingerprint density at radius 2 is 1.72 bits per heavy atom. The number of rotatable bonds is 4. The van der Waals surface area contributed by atoms with E-state index in [1.54, 1.807) is 30.3 Å². The molecule has 0 aliphatic rings. The van der Waals surface area contributed by atoms with Crippen LogP contribution >= 0.6 is 11.6 Å². The quantitative estimate of drug-likeness (QED) is 0.437. The summed E-state index contributed by atoms with van der Waals surface area (Å²) in [6.07, 6.45) is -7.44. The van der Waals surface area contributed by atoms with Gasteiger partial charge in [-0.1, -0.05) is 44.5 Å². The van der Waals surface area contributed by atoms with Gasteiger partial charge in [-0.05, 0) is 42.0 Å². The lowest BCUT2D eigenvalue weighted by Gasteiger charge is -2.16. The molecule has 0 aliphatic carbocycles. The molecule has 1 heterocycles. The third kappa shape index (κ3) is 5.60. The maximum absolute atomic E-state index is 13.0. The van der Waals surface area contributed by atoms with Gasteiger partial charge >= 0.3 is 12.2 Å². The molecule has 0 bridgehead atoms. The number of nitrogens with one attached hydrogen (secondary N) is 2. The number of aromatic nitrogens is 2. The first-order chi connectivity index (χ1) is 14.8. The number of halogens is 4. The van der Waals surface area contributed by atoms with Crippen LogP contribution in [0.15, 0.2) is 54.6 Å². The van der Waals surface area contributed by atoms with E-state index < -0.39 is 23.7 Å². The predicted octanol–water partition coefficient (Wildman–Crippen LogP) is 6.06. The number of aliphatic hydroxyl groups excluding tert-OH is 1. The molecule has 6 nitrogen and oxygen atoms in total. The lowest BCUT2D eigenvalue weighted by atomic mass is 9.92. The Morgan fingerprint density at radius 1 is 1.06 bits per heavy atom. The molecule has 0 spiro atoms. The van der Waals surface area contributed by atoms with Gasteiger partial charge in [0, 0.05) is 22.2 Å². The van der Waals surface area contributed by atoms with Crippen LogP contribution in [-0.4, -0.2) is 27.1 Å². The van der Waals surface area contributed by atoms with E-state index in [-0.39, 0.29) is 17.1 Å². The zero-order valence-corrected chi connectivity index (χ0v) is 18.3. The minimum atomic E-state index is -4.81. The summed E-state index contributed by atoms with van der Waals surface area (Å²) >= 11 is 5.85. The zero-order valence-electron chi connectivity index (χ0n) is 17.5. The van der Waals surface area contributed by atoms with Crippen molar-refractivity contribution >= 4 is 29.1 Å². The molecular weight excluding hydrogens is 445 g/mol. The van der Waals surface area contributed by atoms with Crippen LogP contribution < -0.4 is 10.6 Å². The van der Waals surface area contributed by atoms with Gasteiger partial charge in [0.15, 0.2) is 6.10 Å². The van der Waals surface area contributed by atoms with E-state index in [4.69, 9.17) is 11.6 Å². The monoisotopic (exact) mass is 466 g/mol. The molecular formula is C22H22ClF3N4O2. The van der Waals surface area contributed by atoms with Crippen LogP contribution in [-0.2, 0) is 5.41 Å². The minimum absolute atomic E-state index is 0.250. The number of nitrogens with zero attached hydrogens (tertiary/aromatic N) is 2. The summed E-state index contributed by atoms with van der Waals surface area (Å²) in [7, 11) is 0. The summed E-state index contributed by atoms with van der Waals surface area (Å²) in [6, 6.07) is 12.9. The number of hydrogen-bond acceptors (Lipinski definition) is 3. The summed E-state index contributed by atoms with van der Waals surface area (Å²) in [5, 5.41) is 19.9. The average molecular weight is 467 g/mol. The number of hydrogen-bond donors (Lipinski definition) is 3. The van der Waals surface area contributed by atoms with E-state index in [1.165, 1.54) is 28.9 Å². The third-order valence-electron chi connectivity index (χ3n) is 4.56. The number of aliphatic hydroxyl groups is 1. The molecule has 0 saturated carbocycles. The molecule has 2 amide bonds. The molecule has 0 radical (unpaired) electrons. The maximum Gasteiger partial charge on any atom is 0.418 e. The van der Waals surface area contributed by atoms with Crippen molar-refractivity contribution in [3.05, 3.63) is 70.9 Å². The standard InChI is InChI=1S/C22H22ClF3N4O2/c1-21(2,3)17-12-18(28-20(32)27-15-9-7-14(23)8-10-15)30(29-17)16-6-4-5-13(11-16)19(31)22(24,25)26/h4-12,19,31H,1-3H3,(H2,27,28,32). The first kappa shape index (κ1) is 23.6. The van der Waals surface area contributed by atoms with Crippen molar-refractivity contribution in [2.24, 2.45) is 0 Å². The van der Waals surface area contributed by atoms with E-state index in [0.717, 1.165) is 0 Å². The largest absolute Gasteiger partial charge is 0.418 e. The van der Waals surface area contributed by atoms with Crippen molar-refractivity contribution in [1.82, 2.24) is 9.78 Å². The van der Waals surface area contributed by atoms with Gasteiger partial charge in [0.05, 0.1) is 11.4 Å². The van der Waals surface area contributed by atoms with Gasteiger partial charge in [-0.15, -0.1) is 0 Å². The van der Waals surface area contributed by atoms with Gasteiger partial charge in [-0.3, -0.25) is 5.32 Å². The highest BCUT2D eigenvalue weighted by atomic mass is 35.5. The lowest BCUT2D eigenvalue weighted by molar-refractivity contribution is -0.206. The van der Waals surface area contributed by atoms with Crippen molar-refractivity contribution < 1.29 is 23.1 Å². The molecule has 3 N–H and O–H groups in total. The van der Waals surface area contributed by atoms with E-state index in [1.807, 2.05) is 20.8 Å². The number of benzene rings is 2. The second kappa shape index (κ2) is 8.84. The molecule has 0 fully saturated rings. The number of alkyl halides is 3. The average Bonchev–Trinajstić information content (AvgIpc) is 3.12. The Morgan fingerprint density at radius 3 is 2.31 bits per heavy atom. The molecule has 2 aromatic carbocycles. The Hall–Kier alpha value is -3.04. The van der Waals surface area contributed by atoms with Crippen LogP contribution in [0.2, 0.25) is 5.02 Å². The van der Waals surface area contributed by atoms with E-state index in [0.29, 0.717) is 16.4 Å². The second-order valence-electron chi connectivity index (χ2n) is 8.20. The summed E-state index contributed by atoms with van der Waals surface area (Å²) in [4.78, 5) is 12.5. The number of anilines is 2. The van der Waals surface area contributed by atoms with Crippen LogP contribution in [0.1, 0.15) is 38.1 Å². The molecule has 1 aromatic heterocycles. The van der Waals surface area contributed by atoms with Gasteiger partial charge in [-0.25, -0.2) is 9.48 Å². The normalized spacial score (nSPS) is 13.0. The van der Waals surface area contributed by atoms with E-state index >= 15 is 0 Å². The second-order valence-corrected chi connectivity index (χ2v) is 8.64. The fourth-order valence-corrected chi connectivity index (χ4v) is 2.99. The van der Waals surface area contributed by atoms with Gasteiger partial charge < -0.3 is 10.4 Å². The first-order valence-electron chi connectivity index (χ1n) is 9.64. The number of carbonyl (C=O) groups excluding carboxylic acids is 1. The van der Waals surface area contributed by atoms with Crippen LogP contribution in [0.5, 0.6) is 0 Å². The molecule has 0 aliphatic heterocycles. The fourth-order valence-electron chi connectivity index (χ4n) is 2.86. The molecule has 32 heavy (non-hydrogen) atoms. The van der Waals surface area contributed by atoms with Crippen LogP contribution in [0.25, 0.3) is 5.69 Å².